The summed E-state index contributed by atoms with van der Waals surface area (Å²) in [6.45, 7) is 18.7. The summed E-state index contributed by atoms with van der Waals surface area (Å²) in [6.07, 6.45) is 3.85. The van der Waals surface area contributed by atoms with Gasteiger partial charge in [0.1, 0.15) is 12.6 Å². The minimum atomic E-state index is -0.807. The Kier molecular flexibility index (Phi) is 24.2. The Morgan fingerprint density at radius 2 is 1.55 bits per heavy atom. The predicted octanol–water partition coefficient (Wildman–Crippen LogP) is 4.80. The van der Waals surface area contributed by atoms with Crippen LogP contribution in [-0.4, -0.2) is 86.4 Å². The molecular formula is C38H63BN6O8. The first kappa shape index (κ1) is 48.6. The lowest BCUT2D eigenvalue weighted by atomic mass is 9.80. The van der Waals surface area contributed by atoms with Gasteiger partial charge in [-0.25, -0.2) is 4.79 Å². The average Bonchev–Trinajstić information content (AvgIpc) is 3.39. The van der Waals surface area contributed by atoms with Crippen molar-refractivity contribution in [3.8, 4) is 0 Å². The molecule has 0 aromatic heterocycles. The molecule has 0 spiro atoms. The van der Waals surface area contributed by atoms with E-state index in [0.717, 1.165) is 18.4 Å². The number of ether oxygens (including phenoxy) is 1. The van der Waals surface area contributed by atoms with Crippen LogP contribution in [0.1, 0.15) is 113 Å². The highest BCUT2D eigenvalue weighted by atomic mass is 16.5. The average molecular weight is 743 g/mol. The number of rotatable bonds is 18. The van der Waals surface area contributed by atoms with Gasteiger partial charge in [0.05, 0.1) is 12.5 Å². The van der Waals surface area contributed by atoms with Crippen molar-refractivity contribution in [2.45, 2.75) is 120 Å². The van der Waals surface area contributed by atoms with E-state index in [1.54, 1.807) is 45.0 Å². The van der Waals surface area contributed by atoms with E-state index >= 15 is 0 Å². The third-order valence-corrected chi connectivity index (χ3v) is 8.02. The molecule has 2 rings (SSSR count). The van der Waals surface area contributed by atoms with Crippen molar-refractivity contribution in [1.29, 1.82) is 0 Å². The summed E-state index contributed by atoms with van der Waals surface area (Å²) in [7, 11) is 4.78. The Balaban J connectivity index is 0.00000238. The number of nitrogens with zero attached hydrogens (tertiary/aromatic N) is 1. The van der Waals surface area contributed by atoms with Crippen molar-refractivity contribution < 1.29 is 38.3 Å². The van der Waals surface area contributed by atoms with Gasteiger partial charge in [-0.2, -0.15) is 0 Å². The van der Waals surface area contributed by atoms with Gasteiger partial charge < -0.3 is 31.3 Å². The number of likely N-dealkylation sites (tertiary alicyclic amines) is 1. The minimum absolute atomic E-state index is 0.0943. The second-order valence-electron chi connectivity index (χ2n) is 13.8. The van der Waals surface area contributed by atoms with Gasteiger partial charge >= 0.3 is 6.09 Å². The number of imide groups is 1. The molecule has 2 radical (unpaired) electrons. The number of carbonyl (C=O) groups excluding carboxylic acids is 7. The molecule has 1 saturated heterocycles. The van der Waals surface area contributed by atoms with Gasteiger partial charge in [-0.1, -0.05) is 80.4 Å². The molecule has 1 fully saturated rings. The molecule has 1 heterocycles. The zero-order valence-corrected chi connectivity index (χ0v) is 33.3. The Morgan fingerprint density at radius 3 is 2.08 bits per heavy atom. The van der Waals surface area contributed by atoms with E-state index in [1.807, 2.05) is 34.6 Å². The van der Waals surface area contributed by atoms with E-state index < -0.39 is 29.8 Å². The number of hydrogen-bond acceptors (Lipinski definition) is 8. The third kappa shape index (κ3) is 20.4. The van der Waals surface area contributed by atoms with Crippen molar-refractivity contribution in [1.82, 2.24) is 26.2 Å². The molecular weight excluding hydrogens is 679 g/mol. The topological polar surface area (TPSA) is 192 Å². The molecule has 1 aromatic carbocycles. The van der Waals surface area contributed by atoms with Gasteiger partial charge in [0, 0.05) is 38.2 Å². The number of alkyl carbamates (subject to hydrolysis) is 1. The first-order valence-corrected chi connectivity index (χ1v) is 18.7. The van der Waals surface area contributed by atoms with Crippen LogP contribution >= 0.6 is 0 Å². The smallest absolute Gasteiger partial charge is 0.407 e. The van der Waals surface area contributed by atoms with Crippen molar-refractivity contribution >= 4 is 55.0 Å². The summed E-state index contributed by atoms with van der Waals surface area (Å²) in [4.78, 5) is 85.3. The van der Waals surface area contributed by atoms with Crippen molar-refractivity contribution in [3.05, 3.63) is 29.8 Å². The van der Waals surface area contributed by atoms with Crippen molar-refractivity contribution in [3.63, 3.8) is 0 Å². The Bertz CT molecular complexity index is 1320. The number of benzene rings is 1. The van der Waals surface area contributed by atoms with Crippen LogP contribution in [0.25, 0.3) is 0 Å². The fourth-order valence-electron chi connectivity index (χ4n) is 5.01. The Morgan fingerprint density at radius 1 is 0.906 bits per heavy atom. The Hall–Kier alpha value is -4.43. The summed E-state index contributed by atoms with van der Waals surface area (Å²) in [6, 6.07) is 5.95. The lowest BCUT2D eigenvalue weighted by Crippen LogP contribution is -2.51. The molecule has 2 atom stereocenters. The predicted molar refractivity (Wildman–Crippen MR) is 207 cm³/mol. The first-order chi connectivity index (χ1) is 25.0. The Labute approximate surface area is 317 Å². The number of carbonyl (C=O) groups is 7. The highest BCUT2D eigenvalue weighted by Gasteiger charge is 2.44. The maximum atomic E-state index is 12.8. The molecule has 5 N–H and O–H groups in total. The highest BCUT2D eigenvalue weighted by Crippen LogP contribution is 2.35. The molecule has 0 saturated carbocycles. The third-order valence-electron chi connectivity index (χ3n) is 8.02. The second-order valence-corrected chi connectivity index (χ2v) is 13.8. The number of amides is 7. The summed E-state index contributed by atoms with van der Waals surface area (Å²) in [5.41, 5.74) is 1.00. The summed E-state index contributed by atoms with van der Waals surface area (Å²) >= 11 is 0. The number of nitrogens with one attached hydrogen (secondary N) is 5. The van der Waals surface area contributed by atoms with Crippen LogP contribution in [0.15, 0.2) is 24.3 Å². The molecule has 2 unspecified atom stereocenters. The molecule has 1 aromatic rings. The monoisotopic (exact) mass is 742 g/mol. The van der Waals surface area contributed by atoms with Crippen LogP contribution in [-0.2, 0) is 35.3 Å². The SMILES string of the molecule is CC.CCNC(=O)OCc1ccc(NC(=O)CNC(=O)C(NC(=O)CCCCCN2C(=O)CC(C(C)(C)C)C2=O)C(C)C)cc1.[B]C(=O)NCCCC. The number of unbranched alkanes of at least 4 members (excludes halogenated alkanes) is 3. The van der Waals surface area contributed by atoms with Gasteiger partial charge in [0.15, 0.2) is 13.7 Å². The molecule has 0 bridgehead atoms. The molecule has 296 valence electrons. The second kappa shape index (κ2) is 26.4. The molecule has 53 heavy (non-hydrogen) atoms. The van der Waals surface area contributed by atoms with Crippen LogP contribution in [0, 0.1) is 17.3 Å². The molecule has 1 aliphatic heterocycles. The zero-order chi connectivity index (χ0) is 40.6. The highest BCUT2D eigenvalue weighted by molar-refractivity contribution is 6.57. The largest absolute Gasteiger partial charge is 0.445 e. The standard InChI is InChI=1S/C31H47N5O7.C5H10BNO.C2H6/c1-7-32-30(42)43-19-21-12-14-22(15-13-21)34-25(38)18-33-28(40)27(20(2)3)35-24(37)11-9-8-10-16-36-26(39)17-23(29(36)41)31(4,5)6;1-2-3-4-7-5(6)8;1-2/h12-15,20,23,27H,7-11,16-19H2,1-6H3,(H,32,42)(H,33,40)(H,34,38)(H,35,37);2-4H2,1H3,(H,7,8);1-2H3. The molecule has 1 aliphatic rings. The van der Waals surface area contributed by atoms with E-state index in [2.05, 4.69) is 33.5 Å². The lowest BCUT2D eigenvalue weighted by molar-refractivity contribution is -0.140. The van der Waals surface area contributed by atoms with Crippen LogP contribution in [0.5, 0.6) is 0 Å². The summed E-state index contributed by atoms with van der Waals surface area (Å²) in [5, 5.41) is 13.0. The van der Waals surface area contributed by atoms with Crippen LogP contribution < -0.4 is 26.6 Å². The molecule has 0 aliphatic carbocycles. The van der Waals surface area contributed by atoms with Crippen LogP contribution in [0.2, 0.25) is 0 Å². The fraction of sp³-hybridized carbons (Fsp3) is 0.658. The van der Waals surface area contributed by atoms with Crippen LogP contribution in [0.4, 0.5) is 15.3 Å². The molecule has 7 amide bonds. The van der Waals surface area contributed by atoms with Crippen molar-refractivity contribution in [2.75, 3.05) is 31.5 Å². The lowest BCUT2D eigenvalue weighted by Gasteiger charge is -2.24. The van der Waals surface area contributed by atoms with E-state index in [-0.39, 0.29) is 61.0 Å². The van der Waals surface area contributed by atoms with E-state index in [0.29, 0.717) is 44.6 Å². The number of hydrogen-bond donors (Lipinski definition) is 5. The summed E-state index contributed by atoms with van der Waals surface area (Å²) in [5.74, 6) is -2.37. The normalized spacial score (nSPS) is 14.2. The minimum Gasteiger partial charge on any atom is -0.445 e. The number of anilines is 1. The van der Waals surface area contributed by atoms with Gasteiger partial charge in [0.25, 0.3) is 0 Å². The zero-order valence-electron chi connectivity index (χ0n) is 33.3. The maximum Gasteiger partial charge on any atom is 0.407 e. The van der Waals surface area contributed by atoms with Gasteiger partial charge in [0.2, 0.25) is 29.5 Å². The quantitative estimate of drug-likeness (QED) is 0.0805. The van der Waals surface area contributed by atoms with Gasteiger partial charge in [-0.3, -0.25) is 33.7 Å². The fourth-order valence-corrected chi connectivity index (χ4v) is 5.01. The van der Waals surface area contributed by atoms with E-state index in [1.165, 1.54) is 4.90 Å². The molecule has 15 heteroatoms. The van der Waals surface area contributed by atoms with Crippen LogP contribution in [0.3, 0.4) is 0 Å². The van der Waals surface area contributed by atoms with E-state index in [9.17, 15) is 33.6 Å². The maximum absolute atomic E-state index is 12.8. The van der Waals surface area contributed by atoms with Crippen molar-refractivity contribution in [2.24, 2.45) is 17.3 Å². The van der Waals surface area contributed by atoms with Gasteiger partial charge in [-0.15, -0.1) is 0 Å². The first-order valence-electron chi connectivity index (χ1n) is 18.7. The van der Waals surface area contributed by atoms with Gasteiger partial charge in [-0.05, 0) is 55.2 Å². The molecule has 14 nitrogen and oxygen atoms in total. The van der Waals surface area contributed by atoms with E-state index in [4.69, 9.17) is 12.6 Å². The summed E-state index contributed by atoms with van der Waals surface area (Å²) < 4.78 is 5.06.